The van der Waals surface area contributed by atoms with E-state index in [9.17, 15) is 9.90 Å². The summed E-state index contributed by atoms with van der Waals surface area (Å²) in [5, 5.41) is 21.0. The lowest BCUT2D eigenvalue weighted by molar-refractivity contribution is -0.0123. The second kappa shape index (κ2) is 6.68. The summed E-state index contributed by atoms with van der Waals surface area (Å²) in [6, 6.07) is 0.145. The predicted molar refractivity (Wildman–Crippen MR) is 85.4 cm³/mol. The van der Waals surface area contributed by atoms with Gasteiger partial charge >= 0.3 is 6.09 Å². The molecule has 2 atom stereocenters. The van der Waals surface area contributed by atoms with Crippen molar-refractivity contribution in [1.29, 1.82) is 0 Å². The first kappa shape index (κ1) is 17.2. The molecule has 0 unspecified atom stereocenters. The molecule has 134 valence electrons. The number of carbonyl (C=O) groups excluding carboxylic acids is 1. The zero-order valence-corrected chi connectivity index (χ0v) is 14.4. The Morgan fingerprint density at radius 2 is 2.17 bits per heavy atom. The van der Waals surface area contributed by atoms with Crippen LogP contribution in [0.5, 0.6) is 0 Å². The van der Waals surface area contributed by atoms with Crippen LogP contribution in [0.3, 0.4) is 0 Å². The summed E-state index contributed by atoms with van der Waals surface area (Å²) in [6.07, 6.45) is 3.99. The van der Waals surface area contributed by atoms with Crippen LogP contribution in [0.4, 0.5) is 4.79 Å². The van der Waals surface area contributed by atoms with Gasteiger partial charge in [-0.25, -0.2) is 4.79 Å². The van der Waals surface area contributed by atoms with E-state index in [1.807, 2.05) is 20.8 Å². The lowest BCUT2D eigenvalue weighted by Gasteiger charge is -2.31. The number of aromatic nitrogens is 3. The summed E-state index contributed by atoms with van der Waals surface area (Å²) in [5.74, 6) is 0. The fourth-order valence-electron chi connectivity index (χ4n) is 2.93. The lowest BCUT2D eigenvalue weighted by atomic mass is 9.90. The number of amides is 1. The van der Waals surface area contributed by atoms with Crippen molar-refractivity contribution in [2.75, 3.05) is 6.61 Å². The molecule has 2 aliphatic rings. The molecular weight excluding hydrogens is 312 g/mol. The van der Waals surface area contributed by atoms with Gasteiger partial charge in [0.2, 0.25) is 0 Å². The van der Waals surface area contributed by atoms with Gasteiger partial charge in [-0.3, -0.25) is 0 Å². The maximum absolute atomic E-state index is 11.8. The molecule has 1 aliphatic heterocycles. The molecule has 1 saturated heterocycles. The molecule has 3 rings (SSSR count). The van der Waals surface area contributed by atoms with Crippen LogP contribution in [-0.2, 0) is 9.47 Å². The van der Waals surface area contributed by atoms with E-state index < -0.39 is 11.7 Å². The molecule has 0 aromatic carbocycles. The van der Waals surface area contributed by atoms with Crippen molar-refractivity contribution < 1.29 is 19.4 Å². The van der Waals surface area contributed by atoms with E-state index in [0.29, 0.717) is 19.4 Å². The number of nitrogens with one attached hydrogen (secondary N) is 1. The number of hydrogen-bond donors (Lipinski definition) is 2. The highest BCUT2D eigenvalue weighted by molar-refractivity contribution is 5.68. The minimum atomic E-state index is -0.504. The Morgan fingerprint density at radius 1 is 1.42 bits per heavy atom. The van der Waals surface area contributed by atoms with E-state index in [4.69, 9.17) is 9.47 Å². The van der Waals surface area contributed by atoms with Crippen molar-refractivity contribution in [2.24, 2.45) is 0 Å². The Labute approximate surface area is 141 Å². The summed E-state index contributed by atoms with van der Waals surface area (Å²) >= 11 is 0. The van der Waals surface area contributed by atoms with E-state index in [2.05, 4.69) is 15.5 Å². The van der Waals surface area contributed by atoms with Crippen molar-refractivity contribution in [2.45, 2.75) is 76.3 Å². The van der Waals surface area contributed by atoms with Gasteiger partial charge in [-0.15, -0.1) is 0 Å². The number of nitrogens with zero attached hydrogens (tertiary/aromatic N) is 3. The number of alkyl carbamates (subject to hydrolysis) is 1. The minimum absolute atomic E-state index is 0.0482. The quantitative estimate of drug-likeness (QED) is 0.871. The van der Waals surface area contributed by atoms with Gasteiger partial charge in [0, 0.05) is 0 Å². The average Bonchev–Trinajstić information content (AvgIpc) is 2.92. The zero-order chi connectivity index (χ0) is 17.3. The first-order valence-electron chi connectivity index (χ1n) is 8.51. The lowest BCUT2D eigenvalue weighted by Crippen LogP contribution is -2.43. The Bertz CT molecular complexity index is 569. The Balaban J connectivity index is 1.46. The molecule has 1 aromatic rings. The maximum Gasteiger partial charge on any atom is 0.407 e. The van der Waals surface area contributed by atoms with Crippen LogP contribution in [0.15, 0.2) is 6.20 Å². The van der Waals surface area contributed by atoms with Gasteiger partial charge in [-0.2, -0.15) is 15.0 Å². The van der Waals surface area contributed by atoms with Crippen LogP contribution in [0.2, 0.25) is 0 Å². The zero-order valence-electron chi connectivity index (χ0n) is 14.4. The number of ether oxygens (including phenoxy) is 2. The van der Waals surface area contributed by atoms with Crippen molar-refractivity contribution in [3.63, 3.8) is 0 Å². The van der Waals surface area contributed by atoms with Crippen LogP contribution in [0, 0.1) is 0 Å². The van der Waals surface area contributed by atoms with Crippen LogP contribution in [-0.4, -0.2) is 50.5 Å². The molecule has 24 heavy (non-hydrogen) atoms. The van der Waals surface area contributed by atoms with E-state index in [1.54, 1.807) is 11.0 Å². The van der Waals surface area contributed by atoms with Crippen LogP contribution in [0.1, 0.15) is 64.3 Å². The SMILES string of the molecule is CC(C)(C)OC(=O)N[C@@H]1CC[C@@H](c2cnn(C3CC(O)C3)n2)OC1. The van der Waals surface area contributed by atoms with E-state index in [0.717, 1.165) is 18.5 Å². The first-order chi connectivity index (χ1) is 11.3. The van der Waals surface area contributed by atoms with Crippen molar-refractivity contribution >= 4 is 6.09 Å². The third-order valence-corrected chi connectivity index (χ3v) is 4.27. The summed E-state index contributed by atoms with van der Waals surface area (Å²) in [5.41, 5.74) is 0.308. The Hall–Kier alpha value is -1.67. The molecule has 2 fully saturated rings. The topological polar surface area (TPSA) is 98.5 Å². The van der Waals surface area contributed by atoms with Gasteiger partial charge in [0.15, 0.2) is 0 Å². The number of rotatable bonds is 3. The smallest absolute Gasteiger partial charge is 0.407 e. The number of aliphatic hydroxyl groups excluding tert-OH is 1. The van der Waals surface area contributed by atoms with Crippen LogP contribution in [0.25, 0.3) is 0 Å². The third kappa shape index (κ3) is 4.24. The molecule has 1 amide bonds. The highest BCUT2D eigenvalue weighted by atomic mass is 16.6. The van der Waals surface area contributed by atoms with Crippen molar-refractivity contribution in [3.8, 4) is 0 Å². The molecule has 1 aromatic heterocycles. The molecule has 2 N–H and O–H groups in total. The second-order valence-corrected chi connectivity index (χ2v) is 7.61. The molecule has 8 heteroatoms. The van der Waals surface area contributed by atoms with Gasteiger partial charge in [0.1, 0.15) is 17.4 Å². The molecule has 0 radical (unpaired) electrons. The molecule has 0 spiro atoms. The second-order valence-electron chi connectivity index (χ2n) is 7.61. The van der Waals surface area contributed by atoms with Gasteiger partial charge in [-0.1, -0.05) is 0 Å². The normalized spacial score (nSPS) is 30.5. The Morgan fingerprint density at radius 3 is 2.75 bits per heavy atom. The van der Waals surface area contributed by atoms with E-state index in [-0.39, 0.29) is 24.3 Å². The largest absolute Gasteiger partial charge is 0.444 e. The number of carbonyl (C=O) groups is 1. The number of hydrogen-bond acceptors (Lipinski definition) is 6. The highest BCUT2D eigenvalue weighted by Gasteiger charge is 2.32. The fourth-order valence-corrected chi connectivity index (χ4v) is 2.93. The summed E-state index contributed by atoms with van der Waals surface area (Å²) in [7, 11) is 0. The van der Waals surface area contributed by atoms with E-state index in [1.165, 1.54) is 0 Å². The molecule has 8 nitrogen and oxygen atoms in total. The summed E-state index contributed by atoms with van der Waals surface area (Å²) < 4.78 is 11.1. The summed E-state index contributed by atoms with van der Waals surface area (Å²) in [6.45, 7) is 5.94. The summed E-state index contributed by atoms with van der Waals surface area (Å²) in [4.78, 5) is 13.5. The Kier molecular flexibility index (Phi) is 4.78. The molecule has 2 heterocycles. The molecule has 0 bridgehead atoms. The van der Waals surface area contributed by atoms with Gasteiger partial charge in [0.05, 0.1) is 31.0 Å². The monoisotopic (exact) mass is 338 g/mol. The average molecular weight is 338 g/mol. The minimum Gasteiger partial charge on any atom is -0.444 e. The first-order valence-corrected chi connectivity index (χ1v) is 8.51. The van der Waals surface area contributed by atoms with Crippen LogP contribution < -0.4 is 5.32 Å². The molecule has 1 aliphatic carbocycles. The highest BCUT2D eigenvalue weighted by Crippen LogP contribution is 2.32. The van der Waals surface area contributed by atoms with Crippen molar-refractivity contribution in [1.82, 2.24) is 20.3 Å². The van der Waals surface area contributed by atoms with Crippen LogP contribution >= 0.6 is 0 Å². The van der Waals surface area contributed by atoms with Crippen molar-refractivity contribution in [3.05, 3.63) is 11.9 Å². The van der Waals surface area contributed by atoms with E-state index >= 15 is 0 Å². The number of aliphatic hydroxyl groups is 1. The fraction of sp³-hybridized carbons (Fsp3) is 0.812. The predicted octanol–water partition coefficient (Wildman–Crippen LogP) is 1.72. The van der Waals surface area contributed by atoms with Gasteiger partial charge in [-0.05, 0) is 46.5 Å². The maximum atomic E-state index is 11.8. The standard InChI is InChI=1S/C16H26N4O4/c1-16(2,3)24-15(22)18-10-4-5-14(23-9-10)13-8-17-20(19-13)11-6-12(21)7-11/h8,10-12,14,21H,4-7,9H2,1-3H3,(H,18,22)/t10-,11?,12?,14+/m1/s1. The molecular formula is C16H26N4O4. The third-order valence-electron chi connectivity index (χ3n) is 4.27. The van der Waals surface area contributed by atoms with Gasteiger partial charge < -0.3 is 19.9 Å². The van der Waals surface area contributed by atoms with Gasteiger partial charge in [0.25, 0.3) is 0 Å². The molecule has 1 saturated carbocycles.